The van der Waals surface area contributed by atoms with E-state index in [1.54, 1.807) is 18.3 Å². The summed E-state index contributed by atoms with van der Waals surface area (Å²) in [4.78, 5) is 4.07. The molecule has 3 N–H and O–H groups in total. The quantitative estimate of drug-likeness (QED) is 0.457. The molecule has 0 saturated carbocycles. The number of anilines is 2. The fraction of sp³-hybridized carbons (Fsp3) is 0.130. The van der Waals surface area contributed by atoms with Crippen molar-refractivity contribution in [1.82, 2.24) is 10.1 Å². The number of hydrogen-bond acceptors (Lipinski definition) is 6. The molecule has 0 unspecified atom stereocenters. The van der Waals surface area contributed by atoms with Crippen molar-refractivity contribution in [2.45, 2.75) is 12.8 Å². The number of sulfonamides is 1. The molecule has 31 heavy (non-hydrogen) atoms. The Labute approximate surface area is 181 Å². The molecule has 2 heterocycles. The minimum atomic E-state index is -3.29. The smallest absolute Gasteiger partial charge is 0.229 e. The first kappa shape index (κ1) is 20.6. The van der Waals surface area contributed by atoms with Crippen LogP contribution in [-0.2, 0) is 22.9 Å². The average Bonchev–Trinajstić information content (AvgIpc) is 3.17. The molecular formula is C23H22N4O3S. The summed E-state index contributed by atoms with van der Waals surface area (Å²) in [6.45, 7) is 0. The van der Waals surface area contributed by atoms with Crippen molar-refractivity contribution in [2.75, 3.05) is 16.7 Å². The van der Waals surface area contributed by atoms with E-state index >= 15 is 0 Å². The number of nitrogen functional groups attached to an aromatic ring is 1. The summed E-state index contributed by atoms with van der Waals surface area (Å²) >= 11 is 0. The molecule has 4 aromatic rings. The maximum Gasteiger partial charge on any atom is 0.229 e. The molecule has 0 atom stereocenters. The van der Waals surface area contributed by atoms with Crippen LogP contribution >= 0.6 is 0 Å². The van der Waals surface area contributed by atoms with E-state index in [0.29, 0.717) is 30.1 Å². The highest BCUT2D eigenvalue weighted by molar-refractivity contribution is 7.92. The van der Waals surface area contributed by atoms with E-state index in [1.807, 2.05) is 30.3 Å². The van der Waals surface area contributed by atoms with Gasteiger partial charge in [0.2, 0.25) is 10.0 Å². The van der Waals surface area contributed by atoms with E-state index in [4.69, 9.17) is 10.3 Å². The number of nitrogens with two attached hydrogens (primary N) is 1. The van der Waals surface area contributed by atoms with Gasteiger partial charge < -0.3 is 10.3 Å². The minimum Gasteiger partial charge on any atom is -0.383 e. The van der Waals surface area contributed by atoms with Gasteiger partial charge in [-0.1, -0.05) is 41.6 Å². The largest absolute Gasteiger partial charge is 0.383 e. The van der Waals surface area contributed by atoms with Crippen LogP contribution in [0.1, 0.15) is 22.4 Å². The standard InChI is InChI=1S/C23H22N4O3S/c1-31(28,29)27-19-5-2-4-18(14-19)12-16-7-9-17(10-8-16)13-20-15-22(30-26-20)21-6-3-11-25-23(21)24/h2-11,14-15,27H,12-13H2,1H3,(H2,24,25). The van der Waals surface area contributed by atoms with Gasteiger partial charge in [-0.05, 0) is 47.4 Å². The number of rotatable bonds is 7. The number of hydrogen-bond donors (Lipinski definition) is 2. The van der Waals surface area contributed by atoms with Crippen molar-refractivity contribution >= 4 is 21.5 Å². The lowest BCUT2D eigenvalue weighted by Crippen LogP contribution is -2.09. The highest BCUT2D eigenvalue weighted by atomic mass is 32.2. The van der Waals surface area contributed by atoms with E-state index in [1.165, 1.54) is 0 Å². The van der Waals surface area contributed by atoms with E-state index in [-0.39, 0.29) is 0 Å². The topological polar surface area (TPSA) is 111 Å². The summed E-state index contributed by atoms with van der Waals surface area (Å²) in [5, 5.41) is 4.14. The van der Waals surface area contributed by atoms with E-state index in [9.17, 15) is 8.42 Å². The van der Waals surface area contributed by atoms with Crippen molar-refractivity contribution in [1.29, 1.82) is 0 Å². The lowest BCUT2D eigenvalue weighted by molar-refractivity contribution is 0.425. The van der Waals surface area contributed by atoms with Gasteiger partial charge in [0.25, 0.3) is 0 Å². The van der Waals surface area contributed by atoms with Gasteiger partial charge in [0.15, 0.2) is 5.76 Å². The molecule has 2 aromatic carbocycles. The lowest BCUT2D eigenvalue weighted by atomic mass is 10.0. The Hall–Kier alpha value is -3.65. The van der Waals surface area contributed by atoms with Crippen LogP contribution in [0.5, 0.6) is 0 Å². The van der Waals surface area contributed by atoms with Crippen molar-refractivity contribution in [3.63, 3.8) is 0 Å². The normalized spacial score (nSPS) is 11.4. The van der Waals surface area contributed by atoms with Gasteiger partial charge in [0.05, 0.1) is 17.5 Å². The third kappa shape index (κ3) is 5.49. The number of benzene rings is 2. The number of aromatic nitrogens is 2. The SMILES string of the molecule is CS(=O)(=O)Nc1cccc(Cc2ccc(Cc3cc(-c4cccnc4N)on3)cc2)c1. The first-order chi connectivity index (χ1) is 14.9. The zero-order valence-electron chi connectivity index (χ0n) is 16.9. The molecule has 0 bridgehead atoms. The van der Waals surface area contributed by atoms with Crippen LogP contribution in [0.4, 0.5) is 11.5 Å². The first-order valence-electron chi connectivity index (χ1n) is 9.67. The van der Waals surface area contributed by atoms with Crippen LogP contribution < -0.4 is 10.5 Å². The zero-order chi connectivity index (χ0) is 21.8. The van der Waals surface area contributed by atoms with Crippen LogP contribution in [0.3, 0.4) is 0 Å². The zero-order valence-corrected chi connectivity index (χ0v) is 17.8. The van der Waals surface area contributed by atoms with Crippen LogP contribution in [0.15, 0.2) is 77.4 Å². The van der Waals surface area contributed by atoms with Gasteiger partial charge in [-0.25, -0.2) is 13.4 Å². The van der Waals surface area contributed by atoms with Crippen molar-refractivity contribution in [2.24, 2.45) is 0 Å². The lowest BCUT2D eigenvalue weighted by Gasteiger charge is -2.07. The Kier molecular flexibility index (Phi) is 5.73. The Balaban J connectivity index is 1.43. The van der Waals surface area contributed by atoms with Gasteiger partial charge in [-0.2, -0.15) is 0 Å². The summed E-state index contributed by atoms with van der Waals surface area (Å²) in [5.74, 6) is 1.00. The molecule has 0 aliphatic heterocycles. The van der Waals surface area contributed by atoms with Gasteiger partial charge in [0, 0.05) is 24.4 Å². The molecule has 7 nitrogen and oxygen atoms in total. The monoisotopic (exact) mass is 434 g/mol. The molecule has 8 heteroatoms. The first-order valence-corrected chi connectivity index (χ1v) is 11.6. The molecule has 2 aromatic heterocycles. The molecule has 0 amide bonds. The Morgan fingerprint density at radius 2 is 1.68 bits per heavy atom. The van der Waals surface area contributed by atoms with Crippen molar-refractivity contribution < 1.29 is 12.9 Å². The van der Waals surface area contributed by atoms with Crippen molar-refractivity contribution in [3.05, 3.63) is 95.3 Å². The third-order valence-corrected chi connectivity index (χ3v) is 5.32. The van der Waals surface area contributed by atoms with Crippen LogP contribution in [0, 0.1) is 0 Å². The Morgan fingerprint density at radius 1 is 0.935 bits per heavy atom. The fourth-order valence-corrected chi connectivity index (χ4v) is 3.88. The van der Waals surface area contributed by atoms with E-state index < -0.39 is 10.0 Å². The van der Waals surface area contributed by atoms with Crippen LogP contribution in [0.25, 0.3) is 11.3 Å². The summed E-state index contributed by atoms with van der Waals surface area (Å²) in [6.07, 6.45) is 4.11. The highest BCUT2D eigenvalue weighted by Crippen LogP contribution is 2.25. The molecule has 158 valence electrons. The molecule has 0 aliphatic carbocycles. The van der Waals surface area contributed by atoms with E-state index in [0.717, 1.165) is 34.2 Å². The molecule has 0 fully saturated rings. The number of nitrogens with one attached hydrogen (secondary N) is 1. The summed E-state index contributed by atoms with van der Waals surface area (Å²) in [5.41, 5.74) is 11.3. The highest BCUT2D eigenvalue weighted by Gasteiger charge is 2.11. The second-order valence-electron chi connectivity index (χ2n) is 7.36. The second kappa shape index (κ2) is 8.61. The fourth-order valence-electron chi connectivity index (χ4n) is 3.33. The molecule has 0 radical (unpaired) electrons. The van der Waals surface area contributed by atoms with Gasteiger partial charge in [-0.15, -0.1) is 0 Å². The van der Waals surface area contributed by atoms with E-state index in [2.05, 4.69) is 39.1 Å². The molecule has 0 saturated heterocycles. The van der Waals surface area contributed by atoms with Gasteiger partial charge in [-0.3, -0.25) is 4.72 Å². The third-order valence-electron chi connectivity index (χ3n) is 4.71. The minimum absolute atomic E-state index is 0.408. The maximum absolute atomic E-state index is 11.4. The predicted octanol–water partition coefficient (Wildman–Crippen LogP) is 3.87. The number of pyridine rings is 1. The summed E-state index contributed by atoms with van der Waals surface area (Å²) < 4.78 is 30.8. The summed E-state index contributed by atoms with van der Waals surface area (Å²) in [6, 6.07) is 21.2. The molecule has 0 spiro atoms. The number of nitrogens with zero attached hydrogens (tertiary/aromatic N) is 2. The Morgan fingerprint density at radius 3 is 2.39 bits per heavy atom. The predicted molar refractivity (Wildman–Crippen MR) is 121 cm³/mol. The molecule has 0 aliphatic rings. The molecular weight excluding hydrogens is 412 g/mol. The van der Waals surface area contributed by atoms with Crippen molar-refractivity contribution in [3.8, 4) is 11.3 Å². The molecule has 4 rings (SSSR count). The second-order valence-corrected chi connectivity index (χ2v) is 9.11. The van der Waals surface area contributed by atoms with Gasteiger partial charge >= 0.3 is 0 Å². The average molecular weight is 435 g/mol. The summed E-state index contributed by atoms with van der Waals surface area (Å²) in [7, 11) is -3.29. The van der Waals surface area contributed by atoms with Crippen LogP contribution in [-0.4, -0.2) is 24.8 Å². The maximum atomic E-state index is 11.4. The Bertz CT molecular complexity index is 1300. The van der Waals surface area contributed by atoms with Gasteiger partial charge in [0.1, 0.15) is 5.82 Å². The van der Waals surface area contributed by atoms with Crippen LogP contribution in [0.2, 0.25) is 0 Å².